The predicted molar refractivity (Wildman–Crippen MR) is 106 cm³/mol. The summed E-state index contributed by atoms with van der Waals surface area (Å²) in [4.78, 5) is 37.4. The number of carbonyl (C=O) groups is 3. The molecule has 1 aliphatic heterocycles. The first-order chi connectivity index (χ1) is 13.0. The van der Waals surface area contributed by atoms with Crippen LogP contribution >= 0.6 is 0 Å². The van der Waals surface area contributed by atoms with Gasteiger partial charge in [0.05, 0.1) is 31.2 Å². The van der Waals surface area contributed by atoms with Gasteiger partial charge in [0.2, 0.25) is 0 Å². The van der Waals surface area contributed by atoms with Crippen molar-refractivity contribution in [1.29, 1.82) is 0 Å². The first kappa shape index (κ1) is 22.1. The van der Waals surface area contributed by atoms with Crippen molar-refractivity contribution in [3.05, 3.63) is 70.8 Å². The zero-order valence-corrected chi connectivity index (χ0v) is 16.6. The van der Waals surface area contributed by atoms with E-state index >= 15 is 0 Å². The number of benzene rings is 1. The third kappa shape index (κ3) is 5.78. The summed E-state index contributed by atoms with van der Waals surface area (Å²) in [5.41, 5.74) is 2.49. The molecule has 1 heterocycles. The highest BCUT2D eigenvalue weighted by Crippen LogP contribution is 2.23. The highest BCUT2D eigenvalue weighted by molar-refractivity contribution is 6.21. The number of hydrogen-bond donors (Lipinski definition) is 0. The van der Waals surface area contributed by atoms with Crippen molar-refractivity contribution in [2.45, 2.75) is 34.1 Å². The monoisotopic (exact) mass is 369 g/mol. The second-order valence-electron chi connectivity index (χ2n) is 5.75. The lowest BCUT2D eigenvalue weighted by Gasteiger charge is -2.14. The first-order valence-corrected chi connectivity index (χ1v) is 8.99. The van der Waals surface area contributed by atoms with E-state index in [4.69, 9.17) is 0 Å². The minimum atomic E-state index is -0.310. The predicted octanol–water partition coefficient (Wildman–Crippen LogP) is 4.32. The van der Waals surface area contributed by atoms with Crippen LogP contribution in [0.4, 0.5) is 0 Å². The topological polar surface area (TPSA) is 63.7 Å². The summed E-state index contributed by atoms with van der Waals surface area (Å²) < 4.78 is 4.63. The summed E-state index contributed by atoms with van der Waals surface area (Å²) in [6.07, 6.45) is 7.48. The molecule has 2 amide bonds. The second-order valence-corrected chi connectivity index (χ2v) is 5.75. The summed E-state index contributed by atoms with van der Waals surface area (Å²) in [5.74, 6) is -0.882. The van der Waals surface area contributed by atoms with Gasteiger partial charge in [-0.3, -0.25) is 19.3 Å². The fourth-order valence-corrected chi connectivity index (χ4v) is 2.55. The lowest BCUT2D eigenvalue weighted by atomic mass is 10.1. The molecule has 0 saturated carbocycles. The van der Waals surface area contributed by atoms with Crippen molar-refractivity contribution < 1.29 is 19.1 Å². The highest BCUT2D eigenvalue weighted by atomic mass is 16.5. The molecule has 0 aliphatic carbocycles. The van der Waals surface area contributed by atoms with Crippen LogP contribution in [0.2, 0.25) is 0 Å². The van der Waals surface area contributed by atoms with Gasteiger partial charge in [-0.2, -0.15) is 0 Å². The number of rotatable bonds is 6. The van der Waals surface area contributed by atoms with Gasteiger partial charge >= 0.3 is 5.97 Å². The molecule has 27 heavy (non-hydrogen) atoms. The average Bonchev–Trinajstić information content (AvgIpc) is 2.93. The molecule has 5 nitrogen and oxygen atoms in total. The number of hydrogen-bond acceptors (Lipinski definition) is 4. The Morgan fingerprint density at radius 1 is 1.07 bits per heavy atom. The van der Waals surface area contributed by atoms with Gasteiger partial charge in [0.1, 0.15) is 0 Å². The van der Waals surface area contributed by atoms with Crippen LogP contribution in [0.3, 0.4) is 0 Å². The summed E-state index contributed by atoms with van der Waals surface area (Å²) in [6, 6.07) is 6.81. The molecule has 0 saturated heterocycles. The Kier molecular flexibility index (Phi) is 8.93. The minimum absolute atomic E-state index is 0.179. The molecule has 0 atom stereocenters. The van der Waals surface area contributed by atoms with Crippen molar-refractivity contribution in [1.82, 2.24) is 4.90 Å². The van der Waals surface area contributed by atoms with Crippen LogP contribution in [-0.4, -0.2) is 36.3 Å². The van der Waals surface area contributed by atoms with Crippen LogP contribution < -0.4 is 0 Å². The van der Waals surface area contributed by atoms with E-state index < -0.39 is 0 Å². The smallest absolute Gasteiger partial charge is 0.309 e. The van der Waals surface area contributed by atoms with E-state index in [0.29, 0.717) is 11.1 Å². The van der Waals surface area contributed by atoms with Gasteiger partial charge in [-0.1, -0.05) is 55.9 Å². The lowest BCUT2D eigenvalue weighted by Crippen LogP contribution is -2.31. The summed E-state index contributed by atoms with van der Waals surface area (Å²) >= 11 is 0. The van der Waals surface area contributed by atoms with Gasteiger partial charge in [-0.15, -0.1) is 0 Å². The number of ether oxygens (including phenoxy) is 1. The Morgan fingerprint density at radius 2 is 1.63 bits per heavy atom. The van der Waals surface area contributed by atoms with Gasteiger partial charge in [-0.05, 0) is 31.6 Å². The average molecular weight is 369 g/mol. The van der Waals surface area contributed by atoms with E-state index in [0.717, 1.165) is 11.1 Å². The van der Waals surface area contributed by atoms with Gasteiger partial charge < -0.3 is 4.74 Å². The molecule has 1 aliphatic rings. The maximum Gasteiger partial charge on any atom is 0.309 e. The van der Waals surface area contributed by atoms with Gasteiger partial charge in [0, 0.05) is 0 Å². The molecule has 144 valence electrons. The van der Waals surface area contributed by atoms with E-state index in [9.17, 15) is 14.4 Å². The summed E-state index contributed by atoms with van der Waals surface area (Å²) in [7, 11) is 1.35. The summed E-state index contributed by atoms with van der Waals surface area (Å²) in [6.45, 7) is 7.86. The molecule has 0 bridgehead atoms. The normalized spacial score (nSPS) is 14.2. The number of nitrogens with zero attached hydrogens (tertiary/aromatic N) is 1. The molecule has 0 aromatic heterocycles. The minimum Gasteiger partial charge on any atom is -0.469 e. The Bertz CT molecular complexity index is 752. The van der Waals surface area contributed by atoms with Crippen molar-refractivity contribution >= 4 is 17.8 Å². The van der Waals surface area contributed by atoms with E-state index in [-0.39, 0.29) is 30.7 Å². The molecule has 0 unspecified atom stereocenters. The molecule has 5 heteroatoms. The van der Waals surface area contributed by atoms with E-state index in [2.05, 4.69) is 4.74 Å². The molecule has 0 fully saturated rings. The molecular formula is C22H27NO4. The largest absolute Gasteiger partial charge is 0.469 e. The van der Waals surface area contributed by atoms with E-state index in [1.54, 1.807) is 30.3 Å². The van der Waals surface area contributed by atoms with Gasteiger partial charge in [0.25, 0.3) is 11.8 Å². The Morgan fingerprint density at radius 3 is 2.11 bits per heavy atom. The Hall–Kier alpha value is -2.95. The van der Waals surface area contributed by atoms with Crippen LogP contribution in [0.5, 0.6) is 0 Å². The Labute approximate surface area is 161 Å². The number of esters is 1. The highest BCUT2D eigenvalue weighted by Gasteiger charge is 2.34. The molecule has 0 spiro atoms. The maximum absolute atomic E-state index is 12.4. The molecule has 2 rings (SSSR count). The third-order valence-corrected chi connectivity index (χ3v) is 3.83. The molecule has 1 aromatic carbocycles. The van der Waals surface area contributed by atoms with Crippen LogP contribution in [0, 0.1) is 0 Å². The maximum atomic E-state index is 12.4. The quantitative estimate of drug-likeness (QED) is 0.425. The fraction of sp³-hybridized carbons (Fsp3) is 0.318. The van der Waals surface area contributed by atoms with Crippen LogP contribution in [-0.2, 0) is 9.53 Å². The number of amides is 2. The number of carbonyl (C=O) groups excluding carboxylic acids is 3. The second kappa shape index (κ2) is 10.9. The van der Waals surface area contributed by atoms with Crippen LogP contribution in [0.25, 0.3) is 0 Å². The molecular weight excluding hydrogens is 342 g/mol. The van der Waals surface area contributed by atoms with Crippen molar-refractivity contribution in [3.8, 4) is 0 Å². The van der Waals surface area contributed by atoms with E-state index in [1.165, 1.54) is 12.0 Å². The van der Waals surface area contributed by atoms with Crippen molar-refractivity contribution in [3.63, 3.8) is 0 Å². The molecule has 0 radical (unpaired) electrons. The van der Waals surface area contributed by atoms with Crippen LogP contribution in [0.1, 0.15) is 54.8 Å². The van der Waals surface area contributed by atoms with Crippen molar-refractivity contribution in [2.24, 2.45) is 0 Å². The fourth-order valence-electron chi connectivity index (χ4n) is 2.55. The van der Waals surface area contributed by atoms with Gasteiger partial charge in [-0.25, -0.2) is 0 Å². The number of allylic oxidation sites excluding steroid dienone is 3. The standard InChI is InChI=1S/C20H21NO4.C2H6/c1-4-7-15(11-10-14(2)12-18(22)25-3)13-21-19(23)16-8-5-6-9-17(16)20(21)24;1-2/h4-11H,12-13H2,1-3H3;1-2H3/b7-4-,14-10+,15-11+;. The Balaban J connectivity index is 0.00000176. The third-order valence-electron chi connectivity index (χ3n) is 3.83. The molecule has 1 aromatic rings. The SMILES string of the molecule is CC.C\C=C/C(=C\C=C(/C)CC(=O)OC)CN1C(=O)c2ccccc2C1=O. The number of fused-ring (bicyclic) bond motifs is 1. The van der Waals surface area contributed by atoms with Gasteiger partial charge in [0.15, 0.2) is 0 Å². The number of methoxy groups -OCH3 is 1. The van der Waals surface area contributed by atoms with Crippen LogP contribution in [0.15, 0.2) is 59.7 Å². The lowest BCUT2D eigenvalue weighted by molar-refractivity contribution is -0.139. The number of imide groups is 1. The van der Waals surface area contributed by atoms with E-state index in [1.807, 2.05) is 45.9 Å². The van der Waals surface area contributed by atoms with Crippen molar-refractivity contribution in [2.75, 3.05) is 13.7 Å². The zero-order valence-electron chi connectivity index (χ0n) is 16.6. The summed E-state index contributed by atoms with van der Waals surface area (Å²) in [5, 5.41) is 0. The molecule has 0 N–H and O–H groups in total. The zero-order chi connectivity index (χ0) is 20.4. The first-order valence-electron chi connectivity index (χ1n) is 8.99.